The van der Waals surface area contributed by atoms with Crippen molar-refractivity contribution in [2.24, 2.45) is 0 Å². The van der Waals surface area contributed by atoms with Crippen molar-refractivity contribution in [1.82, 2.24) is 10.5 Å². The topological polar surface area (TPSA) is 84.6 Å². The lowest BCUT2D eigenvalue weighted by atomic mass is 10.0. The standard InChI is InChI=1S/C20H19ClN2O4/c1-12(22-11-13-4-3-5-15(21)10-13)19-17(20(24)25)18(23-27-19)14-6-8-16(26-2)9-7-14/h3-10,12,22H,11H2,1-2H3,(H,24,25)/t12-/m1/s1. The summed E-state index contributed by atoms with van der Waals surface area (Å²) in [7, 11) is 1.57. The van der Waals surface area contributed by atoms with Gasteiger partial charge in [0.05, 0.1) is 13.2 Å². The molecular weight excluding hydrogens is 368 g/mol. The zero-order chi connectivity index (χ0) is 19.4. The summed E-state index contributed by atoms with van der Waals surface area (Å²) in [6, 6.07) is 14.1. The molecule has 0 fully saturated rings. The Morgan fingerprint density at radius 1 is 1.30 bits per heavy atom. The van der Waals surface area contributed by atoms with Crippen LogP contribution in [0.15, 0.2) is 53.1 Å². The minimum absolute atomic E-state index is 0.0475. The van der Waals surface area contributed by atoms with Gasteiger partial charge in [-0.3, -0.25) is 0 Å². The van der Waals surface area contributed by atoms with Crippen LogP contribution in [0.25, 0.3) is 11.3 Å². The number of nitrogens with zero attached hydrogens (tertiary/aromatic N) is 1. The van der Waals surface area contributed by atoms with Crippen LogP contribution in [0.4, 0.5) is 0 Å². The second-order valence-corrected chi connectivity index (χ2v) is 6.47. The number of halogens is 1. The molecule has 3 aromatic rings. The highest BCUT2D eigenvalue weighted by Crippen LogP contribution is 2.30. The van der Waals surface area contributed by atoms with Crippen molar-refractivity contribution in [2.45, 2.75) is 19.5 Å². The van der Waals surface area contributed by atoms with Crippen LogP contribution in [0.3, 0.4) is 0 Å². The van der Waals surface area contributed by atoms with Crippen LogP contribution in [-0.2, 0) is 6.54 Å². The molecule has 27 heavy (non-hydrogen) atoms. The van der Waals surface area contributed by atoms with Gasteiger partial charge in [-0.05, 0) is 48.9 Å². The Balaban J connectivity index is 1.84. The number of carboxylic acids is 1. The van der Waals surface area contributed by atoms with Gasteiger partial charge >= 0.3 is 5.97 Å². The number of ether oxygens (including phenoxy) is 1. The number of aromatic nitrogens is 1. The molecule has 1 aromatic heterocycles. The minimum atomic E-state index is -1.09. The van der Waals surface area contributed by atoms with E-state index in [9.17, 15) is 9.90 Å². The third-order valence-corrected chi connectivity index (χ3v) is 4.43. The molecule has 3 rings (SSSR count). The lowest BCUT2D eigenvalue weighted by Gasteiger charge is -2.12. The first-order chi connectivity index (χ1) is 13.0. The molecule has 140 valence electrons. The zero-order valence-corrected chi connectivity index (χ0v) is 15.7. The lowest BCUT2D eigenvalue weighted by molar-refractivity contribution is 0.0694. The lowest BCUT2D eigenvalue weighted by Crippen LogP contribution is -2.19. The van der Waals surface area contributed by atoms with Crippen LogP contribution in [0, 0.1) is 0 Å². The van der Waals surface area contributed by atoms with E-state index in [2.05, 4.69) is 10.5 Å². The van der Waals surface area contributed by atoms with E-state index in [1.165, 1.54) is 0 Å². The molecule has 7 heteroatoms. The number of benzene rings is 2. The summed E-state index contributed by atoms with van der Waals surface area (Å²) in [6.45, 7) is 2.34. The van der Waals surface area contributed by atoms with E-state index >= 15 is 0 Å². The fraction of sp³-hybridized carbons (Fsp3) is 0.200. The monoisotopic (exact) mass is 386 g/mol. The number of hydrogen-bond acceptors (Lipinski definition) is 5. The average Bonchev–Trinajstić information content (AvgIpc) is 3.12. The number of rotatable bonds is 7. The maximum Gasteiger partial charge on any atom is 0.341 e. The van der Waals surface area contributed by atoms with Gasteiger partial charge in [-0.15, -0.1) is 0 Å². The Bertz CT molecular complexity index is 937. The molecule has 6 nitrogen and oxygen atoms in total. The van der Waals surface area contributed by atoms with Gasteiger partial charge in [-0.25, -0.2) is 4.79 Å². The molecule has 0 aliphatic heterocycles. The smallest absolute Gasteiger partial charge is 0.341 e. The molecule has 0 unspecified atom stereocenters. The van der Waals surface area contributed by atoms with Crippen molar-refractivity contribution in [2.75, 3.05) is 7.11 Å². The highest BCUT2D eigenvalue weighted by atomic mass is 35.5. The highest BCUT2D eigenvalue weighted by Gasteiger charge is 2.27. The predicted octanol–water partition coefficient (Wildman–Crippen LogP) is 4.55. The van der Waals surface area contributed by atoms with Crippen LogP contribution >= 0.6 is 11.6 Å². The predicted molar refractivity (Wildman–Crippen MR) is 102 cm³/mol. The van der Waals surface area contributed by atoms with Gasteiger partial charge in [0.2, 0.25) is 0 Å². The SMILES string of the molecule is COc1ccc(-c2noc([C@@H](C)NCc3cccc(Cl)c3)c2C(=O)O)cc1. The summed E-state index contributed by atoms with van der Waals surface area (Å²) < 4.78 is 10.5. The maximum absolute atomic E-state index is 11.9. The Morgan fingerprint density at radius 2 is 2.04 bits per heavy atom. The molecule has 2 N–H and O–H groups in total. The Hall–Kier alpha value is -2.83. The molecule has 0 bridgehead atoms. The summed E-state index contributed by atoms with van der Waals surface area (Å²) in [5.74, 6) is -0.139. The van der Waals surface area contributed by atoms with Gasteiger partial charge in [-0.2, -0.15) is 0 Å². The molecule has 0 saturated carbocycles. The largest absolute Gasteiger partial charge is 0.497 e. The number of hydrogen-bond donors (Lipinski definition) is 2. The molecule has 0 amide bonds. The van der Waals surface area contributed by atoms with Crippen LogP contribution in [0.2, 0.25) is 5.02 Å². The Labute approximate surface area is 161 Å². The minimum Gasteiger partial charge on any atom is -0.497 e. The summed E-state index contributed by atoms with van der Waals surface area (Å²) in [5.41, 5.74) is 1.97. The molecular formula is C20H19ClN2O4. The van der Waals surface area contributed by atoms with E-state index in [-0.39, 0.29) is 23.1 Å². The average molecular weight is 387 g/mol. The van der Waals surface area contributed by atoms with E-state index in [1.54, 1.807) is 37.4 Å². The van der Waals surface area contributed by atoms with Crippen molar-refractivity contribution >= 4 is 17.6 Å². The molecule has 0 radical (unpaired) electrons. The number of carbonyl (C=O) groups is 1. The van der Waals surface area contributed by atoms with Crippen LogP contribution < -0.4 is 10.1 Å². The molecule has 1 atom stereocenters. The number of carboxylic acid groups (broad SMARTS) is 1. The third-order valence-electron chi connectivity index (χ3n) is 4.19. The van der Waals surface area contributed by atoms with Gasteiger partial charge in [0.15, 0.2) is 5.76 Å². The number of aromatic carboxylic acids is 1. The van der Waals surface area contributed by atoms with Gasteiger partial charge in [-0.1, -0.05) is 28.9 Å². The van der Waals surface area contributed by atoms with Crippen molar-refractivity contribution in [1.29, 1.82) is 0 Å². The summed E-state index contributed by atoms with van der Waals surface area (Å²) in [6.07, 6.45) is 0. The molecule has 2 aromatic carbocycles. The fourth-order valence-corrected chi connectivity index (χ4v) is 2.97. The number of methoxy groups -OCH3 is 1. The van der Waals surface area contributed by atoms with Crippen LogP contribution in [-0.4, -0.2) is 23.3 Å². The third kappa shape index (κ3) is 4.30. The first kappa shape index (κ1) is 18.9. The van der Waals surface area contributed by atoms with E-state index in [1.807, 2.05) is 25.1 Å². The van der Waals surface area contributed by atoms with Gasteiger partial charge in [0.25, 0.3) is 0 Å². The van der Waals surface area contributed by atoms with E-state index in [0.717, 1.165) is 5.56 Å². The highest BCUT2D eigenvalue weighted by molar-refractivity contribution is 6.30. The normalized spacial score (nSPS) is 12.0. The van der Waals surface area contributed by atoms with E-state index in [0.29, 0.717) is 22.9 Å². The van der Waals surface area contributed by atoms with Crippen molar-refractivity contribution < 1.29 is 19.2 Å². The zero-order valence-electron chi connectivity index (χ0n) is 14.9. The van der Waals surface area contributed by atoms with Crippen molar-refractivity contribution in [3.63, 3.8) is 0 Å². The summed E-state index contributed by atoms with van der Waals surface area (Å²) >= 11 is 5.99. The molecule has 0 spiro atoms. The van der Waals surface area contributed by atoms with Gasteiger partial charge < -0.3 is 19.7 Å². The summed E-state index contributed by atoms with van der Waals surface area (Å²) in [4.78, 5) is 11.9. The van der Waals surface area contributed by atoms with Crippen molar-refractivity contribution in [3.8, 4) is 17.0 Å². The van der Waals surface area contributed by atoms with Crippen LogP contribution in [0.1, 0.15) is 34.6 Å². The summed E-state index contributed by atoms with van der Waals surface area (Å²) in [5, 5.41) is 17.6. The van der Waals surface area contributed by atoms with E-state index in [4.69, 9.17) is 20.9 Å². The number of nitrogens with one attached hydrogen (secondary N) is 1. The van der Waals surface area contributed by atoms with Gasteiger partial charge in [0.1, 0.15) is 17.0 Å². The van der Waals surface area contributed by atoms with E-state index < -0.39 is 5.97 Å². The first-order valence-electron chi connectivity index (χ1n) is 8.34. The molecule has 0 aliphatic rings. The van der Waals surface area contributed by atoms with Gasteiger partial charge in [0, 0.05) is 17.1 Å². The Kier molecular flexibility index (Phi) is 5.78. The maximum atomic E-state index is 11.9. The van der Waals surface area contributed by atoms with Crippen LogP contribution in [0.5, 0.6) is 5.75 Å². The fourth-order valence-electron chi connectivity index (χ4n) is 2.76. The molecule has 1 heterocycles. The van der Waals surface area contributed by atoms with Crippen molar-refractivity contribution in [3.05, 3.63) is 70.4 Å². The Morgan fingerprint density at radius 3 is 2.67 bits per heavy atom. The molecule has 0 aliphatic carbocycles. The second-order valence-electron chi connectivity index (χ2n) is 6.04. The second kappa shape index (κ2) is 8.24. The molecule has 0 saturated heterocycles. The first-order valence-corrected chi connectivity index (χ1v) is 8.72. The quantitative estimate of drug-likeness (QED) is 0.619.